The Labute approximate surface area is 154 Å². The highest BCUT2D eigenvalue weighted by molar-refractivity contribution is 6.30. The minimum atomic E-state index is -0.559. The molecule has 0 aliphatic heterocycles. The van der Waals surface area contributed by atoms with Gasteiger partial charge in [0.2, 0.25) is 5.91 Å². The van der Waals surface area contributed by atoms with Crippen LogP contribution in [-0.4, -0.2) is 17.6 Å². The summed E-state index contributed by atoms with van der Waals surface area (Å²) in [6.07, 6.45) is 3.79. The maximum absolute atomic E-state index is 12.9. The first kappa shape index (κ1) is 18.0. The molecule has 1 unspecified atom stereocenters. The number of amides is 1. The third-order valence-corrected chi connectivity index (χ3v) is 5.43. The zero-order chi connectivity index (χ0) is 17.7. The van der Waals surface area contributed by atoms with Crippen LogP contribution in [0, 0.1) is 0 Å². The molecule has 1 aliphatic carbocycles. The van der Waals surface area contributed by atoms with Crippen LogP contribution in [0.1, 0.15) is 49.3 Å². The van der Waals surface area contributed by atoms with Crippen LogP contribution in [0.3, 0.4) is 0 Å². The van der Waals surface area contributed by atoms with Gasteiger partial charge in [0.05, 0.1) is 11.5 Å². The molecule has 0 spiro atoms. The molecule has 1 aliphatic rings. The smallest absolute Gasteiger partial charge is 0.230 e. The molecular weight excluding hydrogens is 334 g/mol. The summed E-state index contributed by atoms with van der Waals surface area (Å²) in [6.45, 7) is 0.463. The van der Waals surface area contributed by atoms with Gasteiger partial charge in [0.25, 0.3) is 0 Å². The van der Waals surface area contributed by atoms with Gasteiger partial charge in [0.1, 0.15) is 0 Å². The Morgan fingerprint density at radius 1 is 1.08 bits per heavy atom. The van der Waals surface area contributed by atoms with E-state index in [1.807, 2.05) is 54.6 Å². The molecule has 1 atom stereocenters. The van der Waals surface area contributed by atoms with Crippen LogP contribution in [0.15, 0.2) is 54.6 Å². The van der Waals surface area contributed by atoms with Crippen LogP contribution in [0.2, 0.25) is 5.02 Å². The second kappa shape index (κ2) is 8.03. The summed E-state index contributed by atoms with van der Waals surface area (Å²) < 4.78 is 0. The molecule has 25 heavy (non-hydrogen) atoms. The quantitative estimate of drug-likeness (QED) is 0.805. The minimum Gasteiger partial charge on any atom is -0.388 e. The van der Waals surface area contributed by atoms with Gasteiger partial charge in [-0.05, 0) is 42.5 Å². The normalized spacial score (nSPS) is 17.2. The van der Waals surface area contributed by atoms with E-state index in [1.54, 1.807) is 0 Å². The van der Waals surface area contributed by atoms with Gasteiger partial charge in [-0.2, -0.15) is 0 Å². The van der Waals surface area contributed by atoms with Crippen LogP contribution in [0.25, 0.3) is 0 Å². The lowest BCUT2D eigenvalue weighted by Crippen LogP contribution is -2.43. The van der Waals surface area contributed by atoms with Gasteiger partial charge in [-0.3, -0.25) is 4.79 Å². The molecule has 1 amide bonds. The molecule has 1 saturated carbocycles. The van der Waals surface area contributed by atoms with E-state index in [0.29, 0.717) is 18.0 Å². The average molecular weight is 358 g/mol. The van der Waals surface area contributed by atoms with Crippen LogP contribution >= 0.6 is 11.6 Å². The summed E-state index contributed by atoms with van der Waals surface area (Å²) in [5.41, 5.74) is 1.46. The Kier molecular flexibility index (Phi) is 5.77. The van der Waals surface area contributed by atoms with Gasteiger partial charge in [0.15, 0.2) is 0 Å². The number of carbonyl (C=O) groups excluding carboxylic acids is 1. The topological polar surface area (TPSA) is 49.3 Å². The van der Waals surface area contributed by atoms with Crippen LogP contribution in [0.4, 0.5) is 0 Å². The lowest BCUT2D eigenvalue weighted by molar-refractivity contribution is -0.126. The van der Waals surface area contributed by atoms with Crippen molar-refractivity contribution in [2.24, 2.45) is 0 Å². The van der Waals surface area contributed by atoms with E-state index < -0.39 is 11.5 Å². The molecule has 0 heterocycles. The third kappa shape index (κ3) is 4.05. The predicted molar refractivity (Wildman–Crippen MR) is 101 cm³/mol. The van der Waals surface area contributed by atoms with Gasteiger partial charge in [0, 0.05) is 11.6 Å². The molecule has 2 aromatic rings. The zero-order valence-corrected chi connectivity index (χ0v) is 15.0. The summed E-state index contributed by atoms with van der Waals surface area (Å²) in [6, 6.07) is 17.2. The molecule has 3 rings (SSSR count). The highest BCUT2D eigenvalue weighted by atomic mass is 35.5. The first-order valence-electron chi connectivity index (χ1n) is 8.89. The molecule has 2 aromatic carbocycles. The molecule has 1 fully saturated rings. The standard InChI is InChI=1S/C21H24ClNO2/c22-18-10-8-17(9-11-18)21(13-4-5-14-21)20(25)23-15-12-19(24)16-6-2-1-3-7-16/h1-3,6-11,19,24H,4-5,12-15H2,(H,23,25). The van der Waals surface area contributed by atoms with E-state index in [4.69, 9.17) is 11.6 Å². The molecule has 0 radical (unpaired) electrons. The number of hydrogen-bond acceptors (Lipinski definition) is 2. The van der Waals surface area contributed by atoms with Crippen LogP contribution < -0.4 is 5.32 Å². The molecule has 0 saturated heterocycles. The Hall–Kier alpha value is -1.84. The fourth-order valence-electron chi connectivity index (χ4n) is 3.73. The summed E-state index contributed by atoms with van der Waals surface area (Å²) in [7, 11) is 0. The molecular formula is C21H24ClNO2. The molecule has 132 valence electrons. The van der Waals surface area contributed by atoms with Crippen molar-refractivity contribution < 1.29 is 9.90 Å². The minimum absolute atomic E-state index is 0.0626. The molecule has 0 bridgehead atoms. The second-order valence-electron chi connectivity index (χ2n) is 6.77. The van der Waals surface area contributed by atoms with Crippen molar-refractivity contribution in [3.8, 4) is 0 Å². The number of carbonyl (C=O) groups is 1. The van der Waals surface area contributed by atoms with E-state index in [1.165, 1.54) is 0 Å². The fraction of sp³-hybridized carbons (Fsp3) is 0.381. The average Bonchev–Trinajstić information content (AvgIpc) is 3.14. The first-order valence-corrected chi connectivity index (χ1v) is 9.27. The number of aliphatic hydroxyl groups is 1. The Bertz CT molecular complexity index is 694. The van der Waals surface area contributed by atoms with Gasteiger partial charge >= 0.3 is 0 Å². The van der Waals surface area contributed by atoms with E-state index >= 15 is 0 Å². The highest BCUT2D eigenvalue weighted by Crippen LogP contribution is 2.41. The summed E-state index contributed by atoms with van der Waals surface area (Å²) in [4.78, 5) is 12.9. The summed E-state index contributed by atoms with van der Waals surface area (Å²) in [5.74, 6) is 0.0626. The number of rotatable bonds is 6. The maximum Gasteiger partial charge on any atom is 0.230 e. The maximum atomic E-state index is 12.9. The van der Waals surface area contributed by atoms with Crippen molar-refractivity contribution >= 4 is 17.5 Å². The lowest BCUT2D eigenvalue weighted by Gasteiger charge is -2.28. The predicted octanol–water partition coefficient (Wildman–Crippen LogP) is 4.39. The Balaban J connectivity index is 1.63. The van der Waals surface area contributed by atoms with Crippen molar-refractivity contribution in [2.45, 2.75) is 43.6 Å². The lowest BCUT2D eigenvalue weighted by atomic mass is 9.78. The fourth-order valence-corrected chi connectivity index (χ4v) is 3.85. The van der Waals surface area contributed by atoms with Crippen LogP contribution in [-0.2, 0) is 10.2 Å². The highest BCUT2D eigenvalue weighted by Gasteiger charge is 2.42. The monoisotopic (exact) mass is 357 g/mol. The molecule has 4 heteroatoms. The molecule has 0 aromatic heterocycles. The summed E-state index contributed by atoms with van der Waals surface area (Å²) >= 11 is 5.99. The van der Waals surface area contributed by atoms with Gasteiger partial charge < -0.3 is 10.4 Å². The van der Waals surface area contributed by atoms with E-state index in [-0.39, 0.29) is 5.91 Å². The van der Waals surface area contributed by atoms with Gasteiger partial charge in [-0.1, -0.05) is 66.9 Å². The van der Waals surface area contributed by atoms with Crippen molar-refractivity contribution in [2.75, 3.05) is 6.54 Å². The Morgan fingerprint density at radius 2 is 1.72 bits per heavy atom. The van der Waals surface area contributed by atoms with E-state index in [2.05, 4.69) is 5.32 Å². The SMILES string of the molecule is O=C(NCCC(O)c1ccccc1)C1(c2ccc(Cl)cc2)CCCC1. The van der Waals surface area contributed by atoms with Crippen molar-refractivity contribution in [3.05, 3.63) is 70.7 Å². The van der Waals surface area contributed by atoms with Crippen molar-refractivity contribution in [3.63, 3.8) is 0 Å². The number of benzene rings is 2. The molecule has 2 N–H and O–H groups in total. The third-order valence-electron chi connectivity index (χ3n) is 5.18. The first-order chi connectivity index (χ1) is 12.1. The van der Waals surface area contributed by atoms with Crippen molar-refractivity contribution in [1.82, 2.24) is 5.32 Å². The zero-order valence-electron chi connectivity index (χ0n) is 14.2. The number of halogens is 1. The molecule has 3 nitrogen and oxygen atoms in total. The van der Waals surface area contributed by atoms with Crippen LogP contribution in [0.5, 0.6) is 0 Å². The van der Waals surface area contributed by atoms with E-state index in [0.717, 1.165) is 36.8 Å². The number of nitrogens with one attached hydrogen (secondary N) is 1. The van der Waals surface area contributed by atoms with E-state index in [9.17, 15) is 9.90 Å². The van der Waals surface area contributed by atoms with Crippen molar-refractivity contribution in [1.29, 1.82) is 0 Å². The second-order valence-corrected chi connectivity index (χ2v) is 7.20. The van der Waals surface area contributed by atoms with Gasteiger partial charge in [-0.25, -0.2) is 0 Å². The summed E-state index contributed by atoms with van der Waals surface area (Å²) in [5, 5.41) is 14.0. The van der Waals surface area contributed by atoms with Gasteiger partial charge in [-0.15, -0.1) is 0 Å². The number of aliphatic hydroxyl groups excluding tert-OH is 1. The largest absolute Gasteiger partial charge is 0.388 e. The number of hydrogen-bond donors (Lipinski definition) is 2. The Morgan fingerprint density at radius 3 is 2.36 bits per heavy atom.